The average molecular weight is 279 g/mol. The molecule has 4 heteroatoms. The second-order valence-corrected chi connectivity index (χ2v) is 4.92. The van der Waals surface area contributed by atoms with E-state index in [1.807, 2.05) is 61.8 Å². The van der Waals surface area contributed by atoms with E-state index >= 15 is 0 Å². The molecule has 4 nitrogen and oxygen atoms in total. The smallest absolute Gasteiger partial charge is 0.255 e. The van der Waals surface area contributed by atoms with E-state index in [4.69, 9.17) is 0 Å². The van der Waals surface area contributed by atoms with E-state index in [0.717, 1.165) is 22.2 Å². The predicted molar refractivity (Wildman–Crippen MR) is 85.5 cm³/mol. The summed E-state index contributed by atoms with van der Waals surface area (Å²) in [5.41, 5.74) is 3.51. The molecule has 3 aromatic rings. The Morgan fingerprint density at radius 2 is 2.00 bits per heavy atom. The molecule has 0 atom stereocenters. The number of hydrogen-bond donors (Lipinski definition) is 3. The second-order valence-electron chi connectivity index (χ2n) is 4.92. The van der Waals surface area contributed by atoms with Crippen molar-refractivity contribution in [2.45, 2.75) is 6.54 Å². The molecular formula is C17H17N3O. The van der Waals surface area contributed by atoms with Gasteiger partial charge in [0.05, 0.1) is 0 Å². The molecule has 0 spiro atoms. The number of para-hydroxylation sites is 1. The lowest BCUT2D eigenvalue weighted by atomic mass is 10.1. The monoisotopic (exact) mass is 279 g/mol. The number of hydrogen-bond acceptors (Lipinski definition) is 2. The van der Waals surface area contributed by atoms with Crippen LogP contribution < -0.4 is 10.6 Å². The summed E-state index contributed by atoms with van der Waals surface area (Å²) in [5, 5.41) is 7.18. The zero-order chi connectivity index (χ0) is 14.7. The minimum atomic E-state index is -0.102. The van der Waals surface area contributed by atoms with Crippen LogP contribution >= 0.6 is 0 Å². The third-order valence-corrected chi connectivity index (χ3v) is 3.45. The van der Waals surface area contributed by atoms with E-state index in [0.29, 0.717) is 12.1 Å². The maximum Gasteiger partial charge on any atom is 0.255 e. The molecule has 0 fully saturated rings. The third kappa shape index (κ3) is 2.80. The van der Waals surface area contributed by atoms with Crippen LogP contribution in [0.2, 0.25) is 0 Å². The van der Waals surface area contributed by atoms with Crippen LogP contribution in [0.4, 0.5) is 5.69 Å². The lowest BCUT2D eigenvalue weighted by molar-refractivity contribution is 0.102. The Bertz CT molecular complexity index is 776. The lowest BCUT2D eigenvalue weighted by Gasteiger charge is -2.10. The van der Waals surface area contributed by atoms with Crippen molar-refractivity contribution in [2.24, 2.45) is 0 Å². The molecule has 0 radical (unpaired) electrons. The molecule has 1 amide bonds. The van der Waals surface area contributed by atoms with Crippen molar-refractivity contribution in [2.75, 3.05) is 12.4 Å². The highest BCUT2D eigenvalue weighted by atomic mass is 16.1. The summed E-state index contributed by atoms with van der Waals surface area (Å²) in [6.07, 6.45) is 1.87. The summed E-state index contributed by atoms with van der Waals surface area (Å²) >= 11 is 0. The van der Waals surface area contributed by atoms with E-state index in [-0.39, 0.29) is 5.91 Å². The van der Waals surface area contributed by atoms with Crippen LogP contribution in [0, 0.1) is 0 Å². The number of benzene rings is 2. The Morgan fingerprint density at radius 3 is 2.86 bits per heavy atom. The van der Waals surface area contributed by atoms with Gasteiger partial charge in [0.15, 0.2) is 0 Å². The number of anilines is 1. The van der Waals surface area contributed by atoms with Crippen molar-refractivity contribution in [3.8, 4) is 0 Å². The van der Waals surface area contributed by atoms with Gasteiger partial charge in [-0.1, -0.05) is 24.3 Å². The molecule has 0 saturated carbocycles. The highest BCUT2D eigenvalue weighted by molar-refractivity contribution is 6.06. The number of carbonyl (C=O) groups is 1. The van der Waals surface area contributed by atoms with Crippen LogP contribution in [0.25, 0.3) is 10.9 Å². The summed E-state index contributed by atoms with van der Waals surface area (Å²) in [7, 11) is 1.89. The number of carbonyl (C=O) groups excluding carboxylic acids is 1. The van der Waals surface area contributed by atoms with Crippen LogP contribution in [0.1, 0.15) is 15.9 Å². The summed E-state index contributed by atoms with van der Waals surface area (Å²) < 4.78 is 0. The number of rotatable bonds is 4. The molecule has 21 heavy (non-hydrogen) atoms. The van der Waals surface area contributed by atoms with Gasteiger partial charge in [-0.05, 0) is 42.3 Å². The molecule has 3 rings (SSSR count). The molecule has 0 unspecified atom stereocenters. The van der Waals surface area contributed by atoms with Crippen molar-refractivity contribution in [1.29, 1.82) is 0 Å². The first-order valence-electron chi connectivity index (χ1n) is 6.89. The molecule has 2 aromatic carbocycles. The standard InChI is InChI=1S/C17H17N3O/c1-18-11-14-4-2-3-5-15(14)20-17(21)13-7-6-12-8-9-19-16(12)10-13/h2-10,18-19H,11H2,1H3,(H,20,21). The number of aromatic nitrogens is 1. The topological polar surface area (TPSA) is 56.9 Å². The zero-order valence-corrected chi connectivity index (χ0v) is 11.8. The Labute approximate surface area is 123 Å². The summed E-state index contributed by atoms with van der Waals surface area (Å²) in [6, 6.07) is 15.4. The maximum absolute atomic E-state index is 12.4. The molecule has 0 aliphatic heterocycles. The van der Waals surface area contributed by atoms with E-state index < -0.39 is 0 Å². The quantitative estimate of drug-likeness (QED) is 0.687. The summed E-state index contributed by atoms with van der Waals surface area (Å²) in [5.74, 6) is -0.102. The van der Waals surface area contributed by atoms with Gasteiger partial charge >= 0.3 is 0 Å². The summed E-state index contributed by atoms with van der Waals surface area (Å²) in [6.45, 7) is 0.714. The molecule has 0 aliphatic carbocycles. The van der Waals surface area contributed by atoms with Gasteiger partial charge in [-0.25, -0.2) is 0 Å². The Hall–Kier alpha value is -2.59. The van der Waals surface area contributed by atoms with Crippen LogP contribution in [-0.4, -0.2) is 17.9 Å². The molecule has 1 heterocycles. The predicted octanol–water partition coefficient (Wildman–Crippen LogP) is 3.14. The molecule has 0 aliphatic rings. The van der Waals surface area contributed by atoms with Crippen LogP contribution in [0.3, 0.4) is 0 Å². The molecule has 0 saturated heterocycles. The van der Waals surface area contributed by atoms with Gasteiger partial charge in [0.1, 0.15) is 0 Å². The lowest BCUT2D eigenvalue weighted by Crippen LogP contribution is -2.15. The van der Waals surface area contributed by atoms with E-state index in [1.165, 1.54) is 0 Å². The number of H-pyrrole nitrogens is 1. The average Bonchev–Trinajstić information content (AvgIpc) is 2.97. The van der Waals surface area contributed by atoms with Crippen LogP contribution in [0.5, 0.6) is 0 Å². The first kappa shape index (κ1) is 13.4. The van der Waals surface area contributed by atoms with Crippen molar-refractivity contribution in [1.82, 2.24) is 10.3 Å². The highest BCUT2D eigenvalue weighted by Gasteiger charge is 2.09. The Balaban J connectivity index is 1.85. The molecule has 1 aromatic heterocycles. The van der Waals surface area contributed by atoms with Gasteiger partial charge in [-0.15, -0.1) is 0 Å². The van der Waals surface area contributed by atoms with Gasteiger partial charge in [-0.2, -0.15) is 0 Å². The van der Waals surface area contributed by atoms with E-state index in [1.54, 1.807) is 0 Å². The normalized spacial score (nSPS) is 10.7. The van der Waals surface area contributed by atoms with Crippen molar-refractivity contribution in [3.05, 3.63) is 65.9 Å². The minimum Gasteiger partial charge on any atom is -0.361 e. The number of nitrogens with one attached hydrogen (secondary N) is 3. The number of fused-ring (bicyclic) bond motifs is 1. The van der Waals surface area contributed by atoms with E-state index in [2.05, 4.69) is 15.6 Å². The fourth-order valence-electron chi connectivity index (χ4n) is 2.37. The van der Waals surface area contributed by atoms with Crippen molar-refractivity contribution >= 4 is 22.5 Å². The Kier molecular flexibility index (Phi) is 3.71. The van der Waals surface area contributed by atoms with Crippen LogP contribution in [0.15, 0.2) is 54.7 Å². The van der Waals surface area contributed by atoms with E-state index in [9.17, 15) is 4.79 Å². The SMILES string of the molecule is CNCc1ccccc1NC(=O)c1ccc2cc[nH]c2c1. The van der Waals surface area contributed by atoms with Crippen LogP contribution in [-0.2, 0) is 6.54 Å². The summed E-state index contributed by atoms with van der Waals surface area (Å²) in [4.78, 5) is 15.5. The molecular weight excluding hydrogens is 262 g/mol. The zero-order valence-electron chi connectivity index (χ0n) is 11.8. The number of amides is 1. The minimum absolute atomic E-state index is 0.102. The fourth-order valence-corrected chi connectivity index (χ4v) is 2.37. The molecule has 0 bridgehead atoms. The first-order valence-corrected chi connectivity index (χ1v) is 6.89. The van der Waals surface area contributed by atoms with Crippen molar-refractivity contribution in [3.63, 3.8) is 0 Å². The largest absolute Gasteiger partial charge is 0.361 e. The fraction of sp³-hybridized carbons (Fsp3) is 0.118. The van der Waals surface area contributed by atoms with Gasteiger partial charge in [0.2, 0.25) is 0 Å². The number of aromatic amines is 1. The van der Waals surface area contributed by atoms with Gasteiger partial charge in [-0.3, -0.25) is 4.79 Å². The molecule has 106 valence electrons. The van der Waals surface area contributed by atoms with Gasteiger partial charge < -0.3 is 15.6 Å². The highest BCUT2D eigenvalue weighted by Crippen LogP contribution is 2.18. The van der Waals surface area contributed by atoms with Gasteiger partial charge in [0, 0.05) is 29.5 Å². The second kappa shape index (κ2) is 5.81. The third-order valence-electron chi connectivity index (χ3n) is 3.45. The maximum atomic E-state index is 12.4. The Morgan fingerprint density at radius 1 is 1.14 bits per heavy atom. The molecule has 3 N–H and O–H groups in total. The van der Waals surface area contributed by atoms with Crippen molar-refractivity contribution < 1.29 is 4.79 Å². The van der Waals surface area contributed by atoms with Gasteiger partial charge in [0.25, 0.3) is 5.91 Å². The first-order chi connectivity index (χ1) is 10.3.